The van der Waals surface area contributed by atoms with E-state index < -0.39 is 11.6 Å². The smallest absolute Gasteiger partial charge is 0.333 e. The molecule has 0 radical (unpaired) electrons. The number of nitrogens with one attached hydrogen (secondary N) is 1. The molecule has 1 fully saturated rings. The summed E-state index contributed by atoms with van der Waals surface area (Å²) >= 11 is 7.43. The summed E-state index contributed by atoms with van der Waals surface area (Å²) in [5.41, 5.74) is -0.154. The lowest BCUT2D eigenvalue weighted by molar-refractivity contribution is -0.116. The van der Waals surface area contributed by atoms with E-state index in [1.165, 1.54) is 34.0 Å². The van der Waals surface area contributed by atoms with Crippen LogP contribution in [0.5, 0.6) is 5.75 Å². The predicted octanol–water partition coefficient (Wildman–Crippen LogP) is 3.32. The largest absolute Gasteiger partial charge is 0.495 e. The summed E-state index contributed by atoms with van der Waals surface area (Å²) in [5.74, 6) is 0.0702. The first-order chi connectivity index (χ1) is 15.9. The number of amides is 1. The van der Waals surface area contributed by atoms with Crippen LogP contribution in [0.2, 0.25) is 5.02 Å². The monoisotopic (exact) mass is 491 g/mol. The minimum atomic E-state index is -0.534. The maximum Gasteiger partial charge on any atom is 0.333 e. The lowest BCUT2D eigenvalue weighted by Gasteiger charge is -2.25. The van der Waals surface area contributed by atoms with Gasteiger partial charge in [-0.1, -0.05) is 29.9 Å². The van der Waals surface area contributed by atoms with Gasteiger partial charge in [-0.15, -0.1) is 0 Å². The molecule has 0 aliphatic carbocycles. The number of nitrogens with zero attached hydrogens (tertiary/aromatic N) is 4. The average molecular weight is 492 g/mol. The molecular formula is C22H26ClN5O4S. The molecule has 11 heteroatoms. The number of rotatable bonds is 7. The van der Waals surface area contributed by atoms with Crippen LogP contribution in [0.1, 0.15) is 32.6 Å². The Bertz CT molecular complexity index is 1290. The van der Waals surface area contributed by atoms with E-state index in [9.17, 15) is 14.4 Å². The van der Waals surface area contributed by atoms with Crippen LogP contribution in [-0.4, -0.2) is 40.2 Å². The Morgan fingerprint density at radius 2 is 1.97 bits per heavy atom. The molecule has 2 aromatic heterocycles. The van der Waals surface area contributed by atoms with Crippen molar-refractivity contribution in [2.45, 2.75) is 45.7 Å². The van der Waals surface area contributed by atoms with E-state index in [2.05, 4.69) is 15.2 Å². The van der Waals surface area contributed by atoms with Gasteiger partial charge in [-0.25, -0.2) is 9.78 Å². The van der Waals surface area contributed by atoms with Crippen molar-refractivity contribution in [2.24, 2.45) is 0 Å². The number of thiazole rings is 1. The number of aromatic nitrogens is 3. The van der Waals surface area contributed by atoms with Gasteiger partial charge in [0, 0.05) is 25.3 Å². The summed E-state index contributed by atoms with van der Waals surface area (Å²) in [6, 6.07) is 4.89. The fraction of sp³-hybridized carbons (Fsp3) is 0.455. The number of piperidine rings is 1. The highest BCUT2D eigenvalue weighted by molar-refractivity contribution is 7.22. The van der Waals surface area contributed by atoms with E-state index in [4.69, 9.17) is 16.3 Å². The number of carbonyl (C=O) groups is 1. The molecule has 1 aliphatic heterocycles. The summed E-state index contributed by atoms with van der Waals surface area (Å²) in [5, 5.41) is 3.82. The quantitative estimate of drug-likeness (QED) is 0.544. The first kappa shape index (κ1) is 23.3. The summed E-state index contributed by atoms with van der Waals surface area (Å²) < 4.78 is 8.00. The lowest BCUT2D eigenvalue weighted by Crippen LogP contribution is -2.41. The van der Waals surface area contributed by atoms with E-state index in [1.807, 2.05) is 6.92 Å². The Labute approximate surface area is 199 Å². The van der Waals surface area contributed by atoms with E-state index in [0.29, 0.717) is 32.7 Å². The minimum absolute atomic E-state index is 0.255. The third-order valence-corrected chi connectivity index (χ3v) is 6.95. The molecule has 0 spiro atoms. The van der Waals surface area contributed by atoms with Gasteiger partial charge in [0.2, 0.25) is 5.91 Å². The third kappa shape index (κ3) is 4.77. The van der Waals surface area contributed by atoms with Crippen LogP contribution in [0.3, 0.4) is 0 Å². The number of benzene rings is 1. The molecule has 176 valence electrons. The van der Waals surface area contributed by atoms with Gasteiger partial charge < -0.3 is 15.0 Å². The van der Waals surface area contributed by atoms with Gasteiger partial charge >= 0.3 is 5.69 Å². The van der Waals surface area contributed by atoms with Crippen LogP contribution in [-0.2, 0) is 17.9 Å². The van der Waals surface area contributed by atoms with Crippen LogP contribution < -0.4 is 26.2 Å². The highest BCUT2D eigenvalue weighted by Gasteiger charge is 2.22. The van der Waals surface area contributed by atoms with E-state index >= 15 is 0 Å². The number of halogens is 1. The summed E-state index contributed by atoms with van der Waals surface area (Å²) in [6.45, 7) is 3.64. The van der Waals surface area contributed by atoms with Crippen LogP contribution in [0, 0.1) is 0 Å². The van der Waals surface area contributed by atoms with Gasteiger partial charge in [0.15, 0.2) is 10.8 Å². The van der Waals surface area contributed by atoms with Crippen molar-refractivity contribution in [3.05, 3.63) is 44.1 Å². The van der Waals surface area contributed by atoms with Crippen LogP contribution in [0.15, 0.2) is 27.8 Å². The molecule has 1 saturated heterocycles. The molecule has 0 atom stereocenters. The fourth-order valence-corrected chi connectivity index (χ4v) is 5.27. The topological polar surface area (TPSA) is 98.5 Å². The zero-order valence-corrected chi connectivity index (χ0v) is 20.2. The molecule has 4 rings (SSSR count). The molecule has 1 aromatic carbocycles. The number of carbonyl (C=O) groups excluding carboxylic acids is 1. The van der Waals surface area contributed by atoms with Gasteiger partial charge in [-0.2, -0.15) is 0 Å². The summed E-state index contributed by atoms with van der Waals surface area (Å²) in [4.78, 5) is 45.8. The van der Waals surface area contributed by atoms with E-state index in [-0.39, 0.29) is 24.3 Å². The Morgan fingerprint density at radius 1 is 1.21 bits per heavy atom. The lowest BCUT2D eigenvalue weighted by atomic mass is 10.1. The molecule has 0 saturated carbocycles. The second-order valence-electron chi connectivity index (χ2n) is 7.92. The van der Waals surface area contributed by atoms with Gasteiger partial charge in [-0.05, 0) is 43.9 Å². The molecule has 9 nitrogen and oxygen atoms in total. The van der Waals surface area contributed by atoms with Gasteiger partial charge in [0.1, 0.15) is 17.0 Å². The zero-order valence-electron chi connectivity index (χ0n) is 18.6. The molecule has 1 aliphatic rings. The summed E-state index contributed by atoms with van der Waals surface area (Å²) in [6.07, 6.45) is 3.92. The molecule has 1 N–H and O–H groups in total. The SMILES string of the molecule is CCCn1c(=O)c2sc(N3CCCCC3)nc2n(CC(=O)Nc2ccc(OC)c(Cl)c2)c1=O. The second kappa shape index (κ2) is 9.96. The standard InChI is InChI=1S/C22H26ClN5O4S/c1-3-9-27-20(30)18-19(25-21(33-18)26-10-5-4-6-11-26)28(22(27)31)13-17(29)24-14-7-8-16(32-2)15(23)12-14/h7-8,12H,3-6,9-11,13H2,1-2H3,(H,24,29). The van der Waals surface area contributed by atoms with Gasteiger partial charge in [-0.3, -0.25) is 18.7 Å². The highest BCUT2D eigenvalue weighted by atomic mass is 35.5. The van der Waals surface area contributed by atoms with Crippen molar-refractivity contribution in [2.75, 3.05) is 30.4 Å². The number of ether oxygens (including phenoxy) is 1. The molecule has 33 heavy (non-hydrogen) atoms. The maximum absolute atomic E-state index is 13.2. The zero-order chi connectivity index (χ0) is 23.5. The molecular weight excluding hydrogens is 466 g/mol. The number of hydrogen-bond donors (Lipinski definition) is 1. The molecule has 1 amide bonds. The van der Waals surface area contributed by atoms with Crippen molar-refractivity contribution in [3.63, 3.8) is 0 Å². The Morgan fingerprint density at radius 3 is 2.64 bits per heavy atom. The number of anilines is 2. The van der Waals surface area contributed by atoms with Crippen molar-refractivity contribution in [3.8, 4) is 5.75 Å². The van der Waals surface area contributed by atoms with E-state index in [0.717, 1.165) is 25.9 Å². The minimum Gasteiger partial charge on any atom is -0.495 e. The molecule has 0 unspecified atom stereocenters. The average Bonchev–Trinajstić information content (AvgIpc) is 3.26. The second-order valence-corrected chi connectivity index (χ2v) is 9.30. The predicted molar refractivity (Wildman–Crippen MR) is 131 cm³/mol. The van der Waals surface area contributed by atoms with Crippen molar-refractivity contribution in [1.82, 2.24) is 14.1 Å². The number of methoxy groups -OCH3 is 1. The van der Waals surface area contributed by atoms with Crippen molar-refractivity contribution < 1.29 is 9.53 Å². The van der Waals surface area contributed by atoms with Crippen LogP contribution in [0.4, 0.5) is 10.8 Å². The fourth-order valence-electron chi connectivity index (χ4n) is 3.94. The number of fused-ring (bicyclic) bond motifs is 1. The van der Waals surface area contributed by atoms with Crippen molar-refractivity contribution >= 4 is 50.0 Å². The molecule has 3 heterocycles. The Kier molecular flexibility index (Phi) is 7.04. The van der Waals surface area contributed by atoms with Crippen LogP contribution in [0.25, 0.3) is 10.3 Å². The Hall–Kier alpha value is -2.85. The molecule has 0 bridgehead atoms. The highest BCUT2D eigenvalue weighted by Crippen LogP contribution is 2.29. The Balaban J connectivity index is 1.71. The summed E-state index contributed by atoms with van der Waals surface area (Å²) in [7, 11) is 1.51. The number of hydrogen-bond acceptors (Lipinski definition) is 7. The van der Waals surface area contributed by atoms with Gasteiger partial charge in [0.25, 0.3) is 5.56 Å². The first-order valence-corrected chi connectivity index (χ1v) is 12.1. The normalized spacial score (nSPS) is 14.0. The van der Waals surface area contributed by atoms with Crippen molar-refractivity contribution in [1.29, 1.82) is 0 Å². The van der Waals surface area contributed by atoms with E-state index in [1.54, 1.807) is 18.2 Å². The third-order valence-electron chi connectivity index (χ3n) is 5.57. The molecule has 3 aromatic rings. The van der Waals surface area contributed by atoms with Gasteiger partial charge in [0.05, 0.1) is 12.1 Å². The van der Waals surface area contributed by atoms with Crippen LogP contribution >= 0.6 is 22.9 Å². The first-order valence-electron chi connectivity index (χ1n) is 11.0. The maximum atomic E-state index is 13.2.